The number of para-hydroxylation sites is 1. The summed E-state index contributed by atoms with van der Waals surface area (Å²) in [6.07, 6.45) is 4.19. The van der Waals surface area contributed by atoms with Crippen LogP contribution in [0.4, 0.5) is 11.8 Å². The van der Waals surface area contributed by atoms with Gasteiger partial charge in [0.15, 0.2) is 5.82 Å². The molecule has 2 heterocycles. The second kappa shape index (κ2) is 8.58. The molecule has 0 amide bonds. The molecule has 0 aliphatic carbocycles. The van der Waals surface area contributed by atoms with E-state index in [4.69, 9.17) is 4.74 Å². The molecule has 0 atom stereocenters. The maximum atomic E-state index is 5.36. The van der Waals surface area contributed by atoms with Crippen molar-refractivity contribution in [2.24, 2.45) is 0 Å². The normalized spacial score (nSPS) is 10.3. The highest BCUT2D eigenvalue weighted by Gasteiger charge is 2.03. The van der Waals surface area contributed by atoms with E-state index in [1.54, 1.807) is 19.5 Å². The third-order valence-electron chi connectivity index (χ3n) is 3.61. The molecule has 7 nitrogen and oxygen atoms in total. The van der Waals surface area contributed by atoms with Gasteiger partial charge in [0, 0.05) is 12.7 Å². The topological polar surface area (TPSA) is 84.9 Å². The molecule has 3 aromatic rings. The van der Waals surface area contributed by atoms with Crippen molar-refractivity contribution < 1.29 is 4.74 Å². The zero-order valence-corrected chi connectivity index (χ0v) is 14.0. The zero-order chi connectivity index (χ0) is 17.3. The second-order valence-corrected chi connectivity index (χ2v) is 5.33. The van der Waals surface area contributed by atoms with Gasteiger partial charge in [-0.05, 0) is 30.2 Å². The molecule has 0 saturated carbocycles. The summed E-state index contributed by atoms with van der Waals surface area (Å²) >= 11 is 0. The lowest BCUT2D eigenvalue weighted by Gasteiger charge is -2.10. The first kappa shape index (κ1) is 16.6. The summed E-state index contributed by atoms with van der Waals surface area (Å²) in [7, 11) is 1.68. The molecule has 2 aromatic heterocycles. The van der Waals surface area contributed by atoms with Crippen LogP contribution in [0.5, 0.6) is 5.75 Å². The van der Waals surface area contributed by atoms with Gasteiger partial charge in [-0.25, -0.2) is 0 Å². The Hall–Kier alpha value is -3.22. The van der Waals surface area contributed by atoms with E-state index >= 15 is 0 Å². The van der Waals surface area contributed by atoms with Gasteiger partial charge in [0.2, 0.25) is 5.95 Å². The first-order chi connectivity index (χ1) is 12.3. The van der Waals surface area contributed by atoms with Gasteiger partial charge in [0.05, 0.1) is 25.5 Å². The third-order valence-corrected chi connectivity index (χ3v) is 3.61. The average molecular weight is 336 g/mol. The van der Waals surface area contributed by atoms with E-state index in [9.17, 15) is 0 Å². The number of hydrogen-bond donors (Lipinski definition) is 2. The minimum absolute atomic E-state index is 0.466. The van der Waals surface area contributed by atoms with Gasteiger partial charge in [-0.15, -0.1) is 5.10 Å². The van der Waals surface area contributed by atoms with Crippen LogP contribution in [-0.4, -0.2) is 33.8 Å². The maximum Gasteiger partial charge on any atom is 0.245 e. The fourth-order valence-electron chi connectivity index (χ4n) is 2.37. The largest absolute Gasteiger partial charge is 0.496 e. The van der Waals surface area contributed by atoms with Crippen molar-refractivity contribution in [3.63, 3.8) is 0 Å². The molecule has 128 valence electrons. The highest BCUT2D eigenvalue weighted by molar-refractivity contribution is 5.38. The Kier molecular flexibility index (Phi) is 5.71. The van der Waals surface area contributed by atoms with Crippen molar-refractivity contribution in [3.8, 4) is 5.75 Å². The monoisotopic (exact) mass is 336 g/mol. The Morgan fingerprint density at radius 1 is 1.04 bits per heavy atom. The lowest BCUT2D eigenvalue weighted by molar-refractivity contribution is 0.410. The van der Waals surface area contributed by atoms with E-state index in [-0.39, 0.29) is 0 Å². The molecule has 25 heavy (non-hydrogen) atoms. The molecule has 1 aromatic carbocycles. The molecule has 0 bridgehead atoms. The van der Waals surface area contributed by atoms with Crippen LogP contribution in [0.3, 0.4) is 0 Å². The fraction of sp³-hybridized carbons (Fsp3) is 0.222. The number of anilines is 2. The van der Waals surface area contributed by atoms with Crippen LogP contribution in [0.25, 0.3) is 0 Å². The van der Waals surface area contributed by atoms with E-state index in [1.165, 1.54) is 0 Å². The molecule has 0 spiro atoms. The van der Waals surface area contributed by atoms with Crippen LogP contribution >= 0.6 is 0 Å². The van der Waals surface area contributed by atoms with Crippen molar-refractivity contribution in [1.82, 2.24) is 20.2 Å². The highest BCUT2D eigenvalue weighted by Crippen LogP contribution is 2.17. The van der Waals surface area contributed by atoms with Gasteiger partial charge in [-0.1, -0.05) is 24.3 Å². The fourth-order valence-corrected chi connectivity index (χ4v) is 2.37. The van der Waals surface area contributed by atoms with Crippen molar-refractivity contribution in [2.45, 2.75) is 13.0 Å². The molecule has 0 saturated heterocycles. The Morgan fingerprint density at radius 2 is 1.92 bits per heavy atom. The molecule has 3 rings (SSSR count). The molecule has 0 fully saturated rings. The summed E-state index contributed by atoms with van der Waals surface area (Å²) in [6, 6.07) is 13.7. The lowest BCUT2D eigenvalue weighted by Crippen LogP contribution is -2.10. The minimum Gasteiger partial charge on any atom is -0.496 e. The van der Waals surface area contributed by atoms with E-state index < -0.39 is 0 Å². The standard InChI is InChI=1S/C18H20N6O/c1-25-16-8-3-2-6-14(16)9-11-20-17-13-22-24-18(23-17)21-12-15-7-4-5-10-19-15/h2-8,10,13H,9,11-12H2,1H3,(H2,20,21,23,24). The summed E-state index contributed by atoms with van der Waals surface area (Å²) in [5.41, 5.74) is 2.06. The van der Waals surface area contributed by atoms with Crippen molar-refractivity contribution in [1.29, 1.82) is 0 Å². The molecule has 0 radical (unpaired) electrons. The molecule has 0 unspecified atom stereocenters. The number of rotatable bonds is 8. The maximum absolute atomic E-state index is 5.36. The van der Waals surface area contributed by atoms with E-state index in [2.05, 4.69) is 36.9 Å². The summed E-state index contributed by atoms with van der Waals surface area (Å²) in [4.78, 5) is 8.66. The summed E-state index contributed by atoms with van der Waals surface area (Å²) < 4.78 is 5.36. The first-order valence-corrected chi connectivity index (χ1v) is 8.04. The lowest BCUT2D eigenvalue weighted by atomic mass is 10.1. The summed E-state index contributed by atoms with van der Waals surface area (Å²) in [5.74, 6) is 2.03. The molecule has 0 aliphatic rings. The number of hydrogen-bond acceptors (Lipinski definition) is 7. The number of ether oxygens (including phenoxy) is 1. The SMILES string of the molecule is COc1ccccc1CCNc1cnnc(NCc2ccccn2)n1. The van der Waals surface area contributed by atoms with Crippen molar-refractivity contribution in [3.05, 3.63) is 66.1 Å². The minimum atomic E-state index is 0.466. The van der Waals surface area contributed by atoms with Gasteiger partial charge < -0.3 is 15.4 Å². The van der Waals surface area contributed by atoms with Crippen LogP contribution in [-0.2, 0) is 13.0 Å². The zero-order valence-electron chi connectivity index (χ0n) is 14.0. The predicted molar refractivity (Wildman–Crippen MR) is 96.6 cm³/mol. The molecule has 7 heteroatoms. The predicted octanol–water partition coefficient (Wildman–Crippen LogP) is 2.54. The van der Waals surface area contributed by atoms with Gasteiger partial charge in [-0.3, -0.25) is 4.98 Å². The van der Waals surface area contributed by atoms with Crippen molar-refractivity contribution >= 4 is 11.8 Å². The van der Waals surface area contributed by atoms with Crippen LogP contribution in [0.1, 0.15) is 11.3 Å². The Morgan fingerprint density at radius 3 is 2.76 bits per heavy atom. The Bertz CT molecular complexity index is 796. The number of nitrogens with one attached hydrogen (secondary N) is 2. The van der Waals surface area contributed by atoms with Gasteiger partial charge in [0.1, 0.15) is 5.75 Å². The van der Waals surface area contributed by atoms with Gasteiger partial charge >= 0.3 is 0 Å². The number of methoxy groups -OCH3 is 1. The smallest absolute Gasteiger partial charge is 0.245 e. The molecular formula is C18H20N6O. The number of pyridine rings is 1. The average Bonchev–Trinajstić information content (AvgIpc) is 2.68. The van der Waals surface area contributed by atoms with E-state index in [0.717, 1.165) is 30.0 Å². The third kappa shape index (κ3) is 4.87. The summed E-state index contributed by atoms with van der Waals surface area (Å²) in [5, 5.41) is 14.3. The molecular weight excluding hydrogens is 316 g/mol. The second-order valence-electron chi connectivity index (χ2n) is 5.33. The highest BCUT2D eigenvalue weighted by atomic mass is 16.5. The van der Waals surface area contributed by atoms with Crippen LogP contribution in [0.15, 0.2) is 54.9 Å². The van der Waals surface area contributed by atoms with E-state index in [1.807, 2.05) is 36.4 Å². The van der Waals surface area contributed by atoms with E-state index in [0.29, 0.717) is 18.3 Å². The Labute approximate surface area is 146 Å². The van der Waals surface area contributed by atoms with Crippen LogP contribution in [0, 0.1) is 0 Å². The first-order valence-electron chi connectivity index (χ1n) is 8.04. The Balaban J connectivity index is 1.53. The quantitative estimate of drug-likeness (QED) is 0.654. The van der Waals surface area contributed by atoms with Gasteiger partial charge in [0.25, 0.3) is 0 Å². The molecule has 0 aliphatic heterocycles. The number of benzene rings is 1. The van der Waals surface area contributed by atoms with Crippen LogP contribution < -0.4 is 15.4 Å². The summed E-state index contributed by atoms with van der Waals surface area (Å²) in [6.45, 7) is 1.27. The number of nitrogens with zero attached hydrogens (tertiary/aromatic N) is 4. The van der Waals surface area contributed by atoms with Crippen LogP contribution in [0.2, 0.25) is 0 Å². The number of aromatic nitrogens is 4. The molecule has 2 N–H and O–H groups in total. The van der Waals surface area contributed by atoms with Gasteiger partial charge in [-0.2, -0.15) is 10.1 Å². The van der Waals surface area contributed by atoms with Crippen molar-refractivity contribution in [2.75, 3.05) is 24.3 Å².